The fourth-order valence-corrected chi connectivity index (χ4v) is 1.63. The van der Waals surface area contributed by atoms with Gasteiger partial charge in [-0.1, -0.05) is 13.8 Å². The zero-order chi connectivity index (χ0) is 12.7. The Balaban J connectivity index is 2.59. The van der Waals surface area contributed by atoms with Gasteiger partial charge in [0.15, 0.2) is 0 Å². The summed E-state index contributed by atoms with van der Waals surface area (Å²) >= 11 is 0. The fraction of sp³-hybridized carbons (Fsp3) is 0.692. The van der Waals surface area contributed by atoms with E-state index in [1.807, 2.05) is 12.3 Å². The molecule has 1 heterocycles. The Morgan fingerprint density at radius 1 is 1.29 bits per heavy atom. The zero-order valence-corrected chi connectivity index (χ0v) is 11.4. The topological polar surface area (TPSA) is 41.1 Å². The van der Waals surface area contributed by atoms with Crippen molar-refractivity contribution in [3.63, 3.8) is 0 Å². The van der Waals surface area contributed by atoms with Crippen LogP contribution < -0.4 is 10.2 Å². The Kier molecular flexibility index (Phi) is 5.91. The first-order valence-electron chi connectivity index (χ1n) is 6.44. The van der Waals surface area contributed by atoms with Gasteiger partial charge in [0.1, 0.15) is 0 Å². The maximum absolute atomic E-state index is 4.56. The van der Waals surface area contributed by atoms with Crippen LogP contribution in [0, 0.1) is 5.92 Å². The molecule has 0 atom stereocenters. The molecule has 0 aromatic carbocycles. The van der Waals surface area contributed by atoms with E-state index in [1.165, 1.54) is 0 Å². The lowest BCUT2D eigenvalue weighted by Gasteiger charge is -2.18. The van der Waals surface area contributed by atoms with Crippen molar-refractivity contribution in [2.45, 2.75) is 34.2 Å². The molecule has 0 saturated heterocycles. The normalized spacial score (nSPS) is 10.9. The van der Waals surface area contributed by atoms with E-state index >= 15 is 0 Å². The second-order valence-corrected chi connectivity index (χ2v) is 4.55. The summed E-state index contributed by atoms with van der Waals surface area (Å²) < 4.78 is 0. The second kappa shape index (κ2) is 7.22. The lowest BCUT2D eigenvalue weighted by molar-refractivity contribution is 0.547. The number of aromatic nitrogens is 2. The van der Waals surface area contributed by atoms with Gasteiger partial charge in [0.05, 0.1) is 5.69 Å². The number of rotatable bonds is 7. The molecule has 4 nitrogen and oxygen atoms in total. The molecule has 4 heteroatoms. The molecular weight excluding hydrogens is 212 g/mol. The third-order valence-corrected chi connectivity index (χ3v) is 2.61. The molecule has 0 unspecified atom stereocenters. The minimum atomic E-state index is 0.666. The molecule has 1 aromatic rings. The standard InChI is InChI=1S/C13H24N4/c1-5-17(6-2)13-15-8-7-12(16-13)10-14-9-11(3)4/h7-8,11,14H,5-6,9-10H2,1-4H3. The average molecular weight is 236 g/mol. The highest BCUT2D eigenvalue weighted by Gasteiger charge is 2.05. The monoisotopic (exact) mass is 236 g/mol. The van der Waals surface area contributed by atoms with E-state index in [2.05, 4.69) is 47.9 Å². The molecule has 0 fully saturated rings. The molecule has 0 bridgehead atoms. The van der Waals surface area contributed by atoms with Gasteiger partial charge in [-0.3, -0.25) is 0 Å². The first-order valence-corrected chi connectivity index (χ1v) is 6.44. The van der Waals surface area contributed by atoms with Crippen molar-refractivity contribution in [1.82, 2.24) is 15.3 Å². The van der Waals surface area contributed by atoms with Crippen LogP contribution in [-0.4, -0.2) is 29.6 Å². The summed E-state index contributed by atoms with van der Waals surface area (Å²) in [4.78, 5) is 11.0. The molecule has 0 radical (unpaired) electrons. The van der Waals surface area contributed by atoms with Gasteiger partial charge in [-0.05, 0) is 32.4 Å². The Labute approximate surface area is 104 Å². The summed E-state index contributed by atoms with van der Waals surface area (Å²) in [7, 11) is 0. The highest BCUT2D eigenvalue weighted by Crippen LogP contribution is 2.06. The second-order valence-electron chi connectivity index (χ2n) is 4.55. The van der Waals surface area contributed by atoms with E-state index in [9.17, 15) is 0 Å². The van der Waals surface area contributed by atoms with Gasteiger partial charge in [-0.25, -0.2) is 9.97 Å². The van der Waals surface area contributed by atoms with E-state index in [1.54, 1.807) is 0 Å². The summed E-state index contributed by atoms with van der Waals surface area (Å²) in [5, 5.41) is 3.39. The SMILES string of the molecule is CCN(CC)c1nccc(CNCC(C)C)n1. The van der Waals surface area contributed by atoms with Crippen LogP contribution >= 0.6 is 0 Å². The number of nitrogens with zero attached hydrogens (tertiary/aromatic N) is 3. The molecular formula is C13H24N4. The summed E-state index contributed by atoms with van der Waals surface area (Å²) in [5.41, 5.74) is 1.06. The smallest absolute Gasteiger partial charge is 0.225 e. The molecule has 1 N–H and O–H groups in total. The van der Waals surface area contributed by atoms with Crippen LogP contribution in [0.4, 0.5) is 5.95 Å². The van der Waals surface area contributed by atoms with Gasteiger partial charge in [0.2, 0.25) is 5.95 Å². The van der Waals surface area contributed by atoms with Gasteiger partial charge < -0.3 is 10.2 Å². The van der Waals surface area contributed by atoms with Crippen molar-refractivity contribution in [2.75, 3.05) is 24.5 Å². The molecule has 0 aliphatic carbocycles. The summed E-state index contributed by atoms with van der Waals surface area (Å²) in [6, 6.07) is 1.97. The molecule has 0 aliphatic heterocycles. The largest absolute Gasteiger partial charge is 0.341 e. The maximum atomic E-state index is 4.56. The lowest BCUT2D eigenvalue weighted by Crippen LogP contribution is -2.25. The van der Waals surface area contributed by atoms with E-state index in [0.29, 0.717) is 5.92 Å². The molecule has 0 aliphatic rings. The minimum absolute atomic E-state index is 0.666. The molecule has 0 saturated carbocycles. The fourth-order valence-electron chi connectivity index (χ4n) is 1.63. The predicted octanol–water partition coefficient (Wildman–Crippen LogP) is 2.07. The van der Waals surface area contributed by atoms with Crippen molar-refractivity contribution < 1.29 is 0 Å². The molecule has 1 rings (SSSR count). The third-order valence-electron chi connectivity index (χ3n) is 2.61. The van der Waals surface area contributed by atoms with Crippen LogP contribution in [0.2, 0.25) is 0 Å². The van der Waals surface area contributed by atoms with E-state index in [4.69, 9.17) is 0 Å². The minimum Gasteiger partial charge on any atom is -0.341 e. The molecule has 0 amide bonds. The van der Waals surface area contributed by atoms with Crippen LogP contribution in [0.25, 0.3) is 0 Å². The van der Waals surface area contributed by atoms with Gasteiger partial charge in [-0.2, -0.15) is 0 Å². The molecule has 96 valence electrons. The first-order chi connectivity index (χ1) is 8.17. The van der Waals surface area contributed by atoms with Crippen LogP contribution in [0.5, 0.6) is 0 Å². The van der Waals surface area contributed by atoms with Crippen molar-refractivity contribution in [1.29, 1.82) is 0 Å². The van der Waals surface area contributed by atoms with Gasteiger partial charge in [0.25, 0.3) is 0 Å². The Morgan fingerprint density at radius 2 is 2.00 bits per heavy atom. The number of nitrogens with one attached hydrogen (secondary N) is 1. The van der Waals surface area contributed by atoms with E-state index in [-0.39, 0.29) is 0 Å². The molecule has 0 spiro atoms. The quantitative estimate of drug-likeness (QED) is 0.787. The van der Waals surface area contributed by atoms with Crippen LogP contribution in [0.1, 0.15) is 33.4 Å². The van der Waals surface area contributed by atoms with Gasteiger partial charge >= 0.3 is 0 Å². The number of anilines is 1. The van der Waals surface area contributed by atoms with Crippen LogP contribution in [0.3, 0.4) is 0 Å². The zero-order valence-electron chi connectivity index (χ0n) is 11.4. The number of hydrogen-bond donors (Lipinski definition) is 1. The molecule has 1 aromatic heterocycles. The summed E-state index contributed by atoms with van der Waals surface area (Å²) in [6.45, 7) is 12.4. The average Bonchev–Trinajstić information content (AvgIpc) is 2.31. The van der Waals surface area contributed by atoms with E-state index < -0.39 is 0 Å². The highest BCUT2D eigenvalue weighted by atomic mass is 15.2. The number of hydrogen-bond acceptors (Lipinski definition) is 4. The first kappa shape index (κ1) is 13.9. The van der Waals surface area contributed by atoms with Crippen LogP contribution in [0.15, 0.2) is 12.3 Å². The Bertz CT molecular complexity index is 321. The third kappa shape index (κ3) is 4.69. The molecule has 17 heavy (non-hydrogen) atoms. The van der Waals surface area contributed by atoms with Crippen molar-refractivity contribution >= 4 is 5.95 Å². The van der Waals surface area contributed by atoms with Crippen molar-refractivity contribution in [3.8, 4) is 0 Å². The highest BCUT2D eigenvalue weighted by molar-refractivity contribution is 5.29. The maximum Gasteiger partial charge on any atom is 0.225 e. The van der Waals surface area contributed by atoms with E-state index in [0.717, 1.165) is 37.8 Å². The van der Waals surface area contributed by atoms with Crippen molar-refractivity contribution in [3.05, 3.63) is 18.0 Å². The van der Waals surface area contributed by atoms with Gasteiger partial charge in [0, 0.05) is 25.8 Å². The van der Waals surface area contributed by atoms with Crippen LogP contribution in [-0.2, 0) is 6.54 Å². The van der Waals surface area contributed by atoms with Gasteiger partial charge in [-0.15, -0.1) is 0 Å². The Morgan fingerprint density at radius 3 is 2.59 bits per heavy atom. The predicted molar refractivity (Wildman–Crippen MR) is 72.1 cm³/mol. The summed E-state index contributed by atoms with van der Waals surface area (Å²) in [6.07, 6.45) is 1.84. The van der Waals surface area contributed by atoms with Crippen molar-refractivity contribution in [2.24, 2.45) is 5.92 Å². The Hall–Kier alpha value is -1.16. The lowest BCUT2D eigenvalue weighted by atomic mass is 10.2. The summed E-state index contributed by atoms with van der Waals surface area (Å²) in [5.74, 6) is 1.50.